The van der Waals surface area contributed by atoms with E-state index in [4.69, 9.17) is 5.11 Å². The summed E-state index contributed by atoms with van der Waals surface area (Å²) >= 11 is 0. The summed E-state index contributed by atoms with van der Waals surface area (Å²) in [5.74, 6) is 0.0634. The van der Waals surface area contributed by atoms with E-state index in [9.17, 15) is 4.79 Å². The van der Waals surface area contributed by atoms with E-state index in [1.165, 1.54) is 0 Å². The molecule has 0 aliphatic carbocycles. The Balaban J connectivity index is 4.05. The number of hydrogen-bond acceptors (Lipinski definition) is 2. The fraction of sp³-hybridized carbons (Fsp3) is 0.667. The summed E-state index contributed by atoms with van der Waals surface area (Å²) in [6, 6.07) is 0. The Kier molecular flexibility index (Phi) is 4.13. The summed E-state index contributed by atoms with van der Waals surface area (Å²) < 4.78 is 0.516. The van der Waals surface area contributed by atoms with Gasteiger partial charge in [-0.15, -0.1) is 0 Å². The van der Waals surface area contributed by atoms with Gasteiger partial charge in [-0.2, -0.15) is 0 Å². The van der Waals surface area contributed by atoms with Gasteiger partial charge in [0, 0.05) is 0 Å². The van der Waals surface area contributed by atoms with Gasteiger partial charge in [-0.3, -0.25) is 4.79 Å². The van der Waals surface area contributed by atoms with Gasteiger partial charge in [-0.05, 0) is 12.5 Å². The van der Waals surface area contributed by atoms with Crippen LogP contribution in [0.2, 0.25) is 0 Å². The molecule has 0 aromatic heterocycles. The minimum atomic E-state index is 0.0634. The van der Waals surface area contributed by atoms with E-state index in [1.54, 1.807) is 6.92 Å². The van der Waals surface area contributed by atoms with Gasteiger partial charge in [0.2, 0.25) is 5.78 Å². The highest BCUT2D eigenvalue weighted by Crippen LogP contribution is 2.00. The van der Waals surface area contributed by atoms with E-state index >= 15 is 0 Å². The van der Waals surface area contributed by atoms with Crippen LogP contribution in [0.4, 0.5) is 0 Å². The number of carbonyl (C=O) groups excluding carboxylic acids is 1. The zero-order chi connectivity index (χ0) is 9.78. The summed E-state index contributed by atoms with van der Waals surface area (Å²) in [4.78, 5) is 11.2. The molecule has 3 heteroatoms. The molecule has 0 spiro atoms. The summed E-state index contributed by atoms with van der Waals surface area (Å²) in [6.07, 6.45) is 0. The lowest BCUT2D eigenvalue weighted by Crippen LogP contribution is -2.45. The molecule has 12 heavy (non-hydrogen) atoms. The maximum absolute atomic E-state index is 11.2. The number of likely N-dealkylation sites (N-methyl/N-ethyl adjacent to an activating group) is 1. The third-order valence-electron chi connectivity index (χ3n) is 1.75. The lowest BCUT2D eigenvalue weighted by atomic mass is 10.2. The Morgan fingerprint density at radius 3 is 2.33 bits per heavy atom. The molecule has 70 valence electrons. The van der Waals surface area contributed by atoms with Gasteiger partial charge < -0.3 is 9.59 Å². The van der Waals surface area contributed by atoms with E-state index in [0.717, 1.165) is 0 Å². The van der Waals surface area contributed by atoms with Crippen molar-refractivity contribution in [2.45, 2.75) is 6.92 Å². The highest BCUT2D eigenvalue weighted by atomic mass is 16.3. The second-order valence-corrected chi connectivity index (χ2v) is 3.74. The zero-order valence-electron chi connectivity index (χ0n) is 8.13. The van der Waals surface area contributed by atoms with Crippen molar-refractivity contribution in [2.75, 3.05) is 33.8 Å². The van der Waals surface area contributed by atoms with Crippen LogP contribution < -0.4 is 0 Å². The minimum absolute atomic E-state index is 0.0634. The summed E-state index contributed by atoms with van der Waals surface area (Å²) in [5.41, 5.74) is 0.583. The van der Waals surface area contributed by atoms with Crippen molar-refractivity contribution >= 4 is 5.78 Å². The molecule has 0 amide bonds. The second-order valence-electron chi connectivity index (χ2n) is 3.74. The van der Waals surface area contributed by atoms with Gasteiger partial charge in [-0.25, -0.2) is 0 Å². The molecule has 0 saturated heterocycles. The number of aliphatic hydroxyl groups excluding tert-OH is 1. The van der Waals surface area contributed by atoms with Crippen molar-refractivity contribution < 1.29 is 14.4 Å². The largest absolute Gasteiger partial charge is 0.391 e. The molecule has 0 heterocycles. The van der Waals surface area contributed by atoms with Crippen molar-refractivity contribution in [1.82, 2.24) is 0 Å². The van der Waals surface area contributed by atoms with Crippen molar-refractivity contribution in [1.29, 1.82) is 0 Å². The molecule has 0 fully saturated rings. The molecule has 0 aliphatic rings. The monoisotopic (exact) mass is 172 g/mol. The van der Waals surface area contributed by atoms with Crippen LogP contribution >= 0.6 is 0 Å². The van der Waals surface area contributed by atoms with Crippen molar-refractivity contribution in [3.05, 3.63) is 12.2 Å². The first kappa shape index (κ1) is 11.3. The van der Waals surface area contributed by atoms with Crippen LogP contribution in [0.25, 0.3) is 0 Å². The smallest absolute Gasteiger partial charge is 0.212 e. The third kappa shape index (κ3) is 4.26. The first-order valence-electron chi connectivity index (χ1n) is 4.00. The van der Waals surface area contributed by atoms with Gasteiger partial charge >= 0.3 is 0 Å². The van der Waals surface area contributed by atoms with Gasteiger partial charge in [0.25, 0.3) is 0 Å². The Bertz CT molecular complexity index is 185. The van der Waals surface area contributed by atoms with Crippen molar-refractivity contribution in [3.63, 3.8) is 0 Å². The zero-order valence-corrected chi connectivity index (χ0v) is 8.13. The molecular weight excluding hydrogens is 154 g/mol. The van der Waals surface area contributed by atoms with Crippen LogP contribution in [0.5, 0.6) is 0 Å². The number of ketones is 1. The molecule has 3 nitrogen and oxygen atoms in total. The first-order chi connectivity index (χ1) is 5.39. The fourth-order valence-electron chi connectivity index (χ4n) is 0.873. The highest BCUT2D eigenvalue weighted by Gasteiger charge is 2.19. The normalized spacial score (nSPS) is 11.3. The number of rotatable bonds is 5. The van der Waals surface area contributed by atoms with E-state index in [-0.39, 0.29) is 12.4 Å². The molecular formula is C9H18NO2+. The maximum Gasteiger partial charge on any atom is 0.212 e. The standard InChI is InChI=1S/C9H18NO2/c1-8(2)9(12)7-10(3,4)5-6-11/h11H,1,5-7H2,2-4H3/q+1. The number of Topliss-reactive ketones (excluding diaryl/α,β-unsaturated/α-hetero) is 1. The number of carbonyl (C=O) groups is 1. The predicted octanol–water partition coefficient (Wildman–Crippen LogP) is 0.200. The highest BCUT2D eigenvalue weighted by molar-refractivity contribution is 5.95. The van der Waals surface area contributed by atoms with E-state index in [2.05, 4.69) is 6.58 Å². The van der Waals surface area contributed by atoms with Gasteiger partial charge in [0.1, 0.15) is 13.1 Å². The molecule has 0 aliphatic heterocycles. The number of aliphatic hydroxyl groups is 1. The summed E-state index contributed by atoms with van der Waals surface area (Å²) in [6.45, 7) is 6.40. The van der Waals surface area contributed by atoms with Gasteiger partial charge in [-0.1, -0.05) is 6.58 Å². The molecule has 0 saturated carbocycles. The van der Waals surface area contributed by atoms with Crippen molar-refractivity contribution in [2.24, 2.45) is 0 Å². The van der Waals surface area contributed by atoms with Crippen LogP contribution in [0.1, 0.15) is 6.92 Å². The maximum atomic E-state index is 11.2. The molecule has 0 unspecified atom stereocenters. The fourth-order valence-corrected chi connectivity index (χ4v) is 0.873. The third-order valence-corrected chi connectivity index (χ3v) is 1.75. The molecule has 0 radical (unpaired) electrons. The predicted molar refractivity (Wildman–Crippen MR) is 48.7 cm³/mol. The Morgan fingerprint density at radius 1 is 1.50 bits per heavy atom. The molecule has 0 rings (SSSR count). The van der Waals surface area contributed by atoms with E-state index in [1.807, 2.05) is 14.1 Å². The van der Waals surface area contributed by atoms with Crippen LogP contribution in [0, 0.1) is 0 Å². The Hall–Kier alpha value is -0.670. The molecule has 0 atom stereocenters. The van der Waals surface area contributed by atoms with E-state index in [0.29, 0.717) is 23.1 Å². The van der Waals surface area contributed by atoms with Crippen LogP contribution in [-0.4, -0.2) is 49.2 Å². The number of quaternary nitrogens is 1. The first-order valence-corrected chi connectivity index (χ1v) is 4.00. The average Bonchev–Trinajstić information content (AvgIpc) is 1.85. The van der Waals surface area contributed by atoms with Gasteiger partial charge in [0.05, 0.1) is 20.7 Å². The Morgan fingerprint density at radius 2 is 2.00 bits per heavy atom. The number of hydrogen-bond donors (Lipinski definition) is 1. The number of nitrogens with zero attached hydrogens (tertiary/aromatic N) is 1. The van der Waals surface area contributed by atoms with E-state index < -0.39 is 0 Å². The molecule has 0 bridgehead atoms. The van der Waals surface area contributed by atoms with Crippen molar-refractivity contribution in [3.8, 4) is 0 Å². The lowest BCUT2D eigenvalue weighted by Gasteiger charge is -2.27. The minimum Gasteiger partial charge on any atom is -0.391 e. The van der Waals surface area contributed by atoms with Gasteiger partial charge in [0.15, 0.2) is 0 Å². The lowest BCUT2D eigenvalue weighted by molar-refractivity contribution is -0.882. The SMILES string of the molecule is C=C(C)C(=O)C[N+](C)(C)CCO. The van der Waals surface area contributed by atoms with Crippen LogP contribution in [-0.2, 0) is 4.79 Å². The molecule has 0 aromatic carbocycles. The average molecular weight is 172 g/mol. The summed E-state index contributed by atoms with van der Waals surface area (Å²) in [5, 5.41) is 8.70. The van der Waals surface area contributed by atoms with Crippen LogP contribution in [0.15, 0.2) is 12.2 Å². The Labute approximate surface area is 73.9 Å². The molecule has 0 aromatic rings. The topological polar surface area (TPSA) is 37.3 Å². The van der Waals surface area contributed by atoms with Crippen LogP contribution in [0.3, 0.4) is 0 Å². The quantitative estimate of drug-likeness (QED) is 0.475. The second kappa shape index (κ2) is 4.38. The summed E-state index contributed by atoms with van der Waals surface area (Å²) in [7, 11) is 3.83. The molecule has 1 N–H and O–H groups in total.